The maximum Gasteiger partial charge on any atom is 0.290 e. The summed E-state index contributed by atoms with van der Waals surface area (Å²) < 4.78 is 5.19. The lowest BCUT2D eigenvalue weighted by molar-refractivity contribution is 0.0705. The summed E-state index contributed by atoms with van der Waals surface area (Å²) in [6.07, 6.45) is 3.66. The van der Waals surface area contributed by atoms with Crippen LogP contribution in [0.15, 0.2) is 40.3 Å². The van der Waals surface area contributed by atoms with Gasteiger partial charge in [-0.25, -0.2) is 0 Å². The average molecular weight is 247 g/mol. The lowest BCUT2D eigenvalue weighted by Gasteiger charge is -2.22. The Bertz CT molecular complexity index is 489. The van der Waals surface area contributed by atoms with Gasteiger partial charge in [-0.1, -0.05) is 6.07 Å². The summed E-state index contributed by atoms with van der Waals surface area (Å²) in [7, 11) is 0. The third-order valence-corrected chi connectivity index (χ3v) is 4.09. The number of amides is 1. The molecule has 0 aliphatic carbocycles. The molecule has 0 bridgehead atoms. The Balaban J connectivity index is 1.85. The molecule has 2 aromatic heterocycles. The summed E-state index contributed by atoms with van der Waals surface area (Å²) in [5.41, 5.74) is 0. The molecule has 0 radical (unpaired) electrons. The van der Waals surface area contributed by atoms with Crippen LogP contribution in [0.25, 0.3) is 0 Å². The highest BCUT2D eigenvalue weighted by atomic mass is 32.1. The van der Waals surface area contributed by atoms with E-state index in [0.717, 1.165) is 19.4 Å². The van der Waals surface area contributed by atoms with Crippen molar-refractivity contribution in [2.75, 3.05) is 6.54 Å². The zero-order chi connectivity index (χ0) is 11.7. The van der Waals surface area contributed by atoms with E-state index in [1.807, 2.05) is 11.0 Å². The number of furan rings is 1. The van der Waals surface area contributed by atoms with Crippen LogP contribution >= 0.6 is 11.3 Å². The SMILES string of the molecule is O=C(c1ccco1)N1CCC[C@@H]1c1cccs1. The zero-order valence-electron chi connectivity index (χ0n) is 9.33. The minimum Gasteiger partial charge on any atom is -0.459 e. The predicted octanol–water partition coefficient (Wildman–Crippen LogP) is 3.32. The van der Waals surface area contributed by atoms with E-state index < -0.39 is 0 Å². The highest BCUT2D eigenvalue weighted by molar-refractivity contribution is 7.10. The van der Waals surface area contributed by atoms with Crippen molar-refractivity contribution in [3.8, 4) is 0 Å². The van der Waals surface area contributed by atoms with Crippen molar-refractivity contribution in [2.24, 2.45) is 0 Å². The molecule has 1 saturated heterocycles. The molecule has 88 valence electrons. The molecule has 0 saturated carbocycles. The van der Waals surface area contributed by atoms with Crippen LogP contribution in [0.1, 0.15) is 34.3 Å². The Morgan fingerprint density at radius 1 is 1.41 bits per heavy atom. The van der Waals surface area contributed by atoms with Gasteiger partial charge in [-0.15, -0.1) is 11.3 Å². The zero-order valence-corrected chi connectivity index (χ0v) is 10.2. The Hall–Kier alpha value is -1.55. The van der Waals surface area contributed by atoms with Crippen molar-refractivity contribution in [1.29, 1.82) is 0 Å². The first-order valence-corrected chi connectivity index (χ1v) is 6.62. The molecule has 4 heteroatoms. The molecular weight excluding hydrogens is 234 g/mol. The van der Waals surface area contributed by atoms with Crippen LogP contribution in [-0.4, -0.2) is 17.4 Å². The topological polar surface area (TPSA) is 33.5 Å². The maximum atomic E-state index is 12.3. The fraction of sp³-hybridized carbons (Fsp3) is 0.308. The standard InChI is InChI=1S/C13H13NO2S/c15-13(11-5-2-8-16-11)14-7-1-4-10(14)12-6-3-9-17-12/h2-3,5-6,8-10H,1,4,7H2/t10-/m1/s1. The third kappa shape index (κ3) is 1.89. The predicted molar refractivity (Wildman–Crippen MR) is 66.0 cm³/mol. The van der Waals surface area contributed by atoms with Crippen LogP contribution in [0.4, 0.5) is 0 Å². The molecule has 1 amide bonds. The second-order valence-corrected chi connectivity index (χ2v) is 5.13. The second kappa shape index (κ2) is 4.37. The van der Waals surface area contributed by atoms with E-state index in [4.69, 9.17) is 4.42 Å². The van der Waals surface area contributed by atoms with Crippen molar-refractivity contribution in [1.82, 2.24) is 4.90 Å². The molecule has 0 N–H and O–H groups in total. The minimum absolute atomic E-state index is 0.00546. The monoisotopic (exact) mass is 247 g/mol. The normalized spacial score (nSPS) is 19.8. The Kier molecular flexibility index (Phi) is 2.73. The summed E-state index contributed by atoms with van der Waals surface area (Å²) in [4.78, 5) is 15.4. The molecule has 17 heavy (non-hydrogen) atoms. The number of carbonyl (C=O) groups excluding carboxylic acids is 1. The van der Waals surface area contributed by atoms with Gasteiger partial charge in [0.2, 0.25) is 0 Å². The fourth-order valence-electron chi connectivity index (χ4n) is 2.33. The van der Waals surface area contributed by atoms with Gasteiger partial charge in [0.1, 0.15) is 0 Å². The average Bonchev–Trinajstić information content (AvgIpc) is 3.09. The number of thiophene rings is 1. The summed E-state index contributed by atoms with van der Waals surface area (Å²) in [5.74, 6) is 0.444. The van der Waals surface area contributed by atoms with Gasteiger partial charge < -0.3 is 9.32 Å². The van der Waals surface area contributed by atoms with E-state index in [1.165, 1.54) is 4.88 Å². The molecular formula is C13H13NO2S. The smallest absolute Gasteiger partial charge is 0.290 e. The molecule has 1 fully saturated rings. The van der Waals surface area contributed by atoms with Gasteiger partial charge in [0.05, 0.1) is 12.3 Å². The molecule has 3 heterocycles. The van der Waals surface area contributed by atoms with Crippen molar-refractivity contribution < 1.29 is 9.21 Å². The largest absolute Gasteiger partial charge is 0.459 e. The van der Waals surface area contributed by atoms with E-state index in [1.54, 1.807) is 29.7 Å². The van der Waals surface area contributed by atoms with Crippen molar-refractivity contribution in [2.45, 2.75) is 18.9 Å². The van der Waals surface area contributed by atoms with Crippen molar-refractivity contribution in [3.63, 3.8) is 0 Å². The number of hydrogen-bond acceptors (Lipinski definition) is 3. The Morgan fingerprint density at radius 3 is 3.06 bits per heavy atom. The van der Waals surface area contributed by atoms with Gasteiger partial charge in [0.15, 0.2) is 5.76 Å². The van der Waals surface area contributed by atoms with Crippen LogP contribution in [-0.2, 0) is 0 Å². The van der Waals surface area contributed by atoms with Gasteiger partial charge >= 0.3 is 0 Å². The van der Waals surface area contributed by atoms with Crippen LogP contribution < -0.4 is 0 Å². The number of hydrogen-bond donors (Lipinski definition) is 0. The molecule has 0 spiro atoms. The lowest BCUT2D eigenvalue weighted by Crippen LogP contribution is -2.29. The number of nitrogens with zero attached hydrogens (tertiary/aromatic N) is 1. The second-order valence-electron chi connectivity index (χ2n) is 4.15. The first-order chi connectivity index (χ1) is 8.36. The molecule has 1 aliphatic heterocycles. The summed E-state index contributed by atoms with van der Waals surface area (Å²) >= 11 is 1.71. The summed E-state index contributed by atoms with van der Waals surface area (Å²) in [5, 5.41) is 2.06. The molecule has 0 unspecified atom stereocenters. The highest BCUT2D eigenvalue weighted by Gasteiger charge is 2.32. The summed E-state index contributed by atoms with van der Waals surface area (Å²) in [6.45, 7) is 0.822. The van der Waals surface area contributed by atoms with E-state index in [2.05, 4.69) is 11.4 Å². The first-order valence-electron chi connectivity index (χ1n) is 5.74. The van der Waals surface area contributed by atoms with Crippen molar-refractivity contribution >= 4 is 17.2 Å². The summed E-state index contributed by atoms with van der Waals surface area (Å²) in [6, 6.07) is 7.85. The van der Waals surface area contributed by atoms with Crippen LogP contribution in [0.2, 0.25) is 0 Å². The molecule has 2 aromatic rings. The van der Waals surface area contributed by atoms with Gasteiger partial charge in [0.25, 0.3) is 5.91 Å². The van der Waals surface area contributed by atoms with E-state index in [0.29, 0.717) is 5.76 Å². The fourth-order valence-corrected chi connectivity index (χ4v) is 3.20. The van der Waals surface area contributed by atoms with E-state index in [-0.39, 0.29) is 11.9 Å². The first kappa shape index (κ1) is 10.6. The molecule has 1 aliphatic rings. The highest BCUT2D eigenvalue weighted by Crippen LogP contribution is 2.35. The molecule has 3 rings (SSSR count). The Morgan fingerprint density at radius 2 is 2.35 bits per heavy atom. The quantitative estimate of drug-likeness (QED) is 0.815. The van der Waals surface area contributed by atoms with E-state index >= 15 is 0 Å². The van der Waals surface area contributed by atoms with E-state index in [9.17, 15) is 4.79 Å². The molecule has 1 atom stereocenters. The van der Waals surface area contributed by atoms with Gasteiger partial charge in [-0.05, 0) is 36.4 Å². The van der Waals surface area contributed by atoms with Crippen LogP contribution in [0, 0.1) is 0 Å². The minimum atomic E-state index is 0.00546. The molecule has 3 nitrogen and oxygen atoms in total. The number of rotatable bonds is 2. The number of carbonyl (C=O) groups is 1. The third-order valence-electron chi connectivity index (χ3n) is 3.12. The lowest BCUT2D eigenvalue weighted by atomic mass is 10.2. The molecule has 0 aromatic carbocycles. The maximum absolute atomic E-state index is 12.3. The number of likely N-dealkylation sites (tertiary alicyclic amines) is 1. The van der Waals surface area contributed by atoms with Crippen molar-refractivity contribution in [3.05, 3.63) is 46.5 Å². The van der Waals surface area contributed by atoms with Crippen LogP contribution in [0.5, 0.6) is 0 Å². The van der Waals surface area contributed by atoms with Gasteiger partial charge in [-0.2, -0.15) is 0 Å². The van der Waals surface area contributed by atoms with Gasteiger partial charge in [-0.3, -0.25) is 4.79 Å². The van der Waals surface area contributed by atoms with Gasteiger partial charge in [0, 0.05) is 11.4 Å². The van der Waals surface area contributed by atoms with Crippen LogP contribution in [0.3, 0.4) is 0 Å². The Labute approximate surface area is 104 Å².